The number of ether oxygens (including phenoxy) is 1. The van der Waals surface area contributed by atoms with E-state index in [-0.39, 0.29) is 6.10 Å². The van der Waals surface area contributed by atoms with E-state index in [2.05, 4.69) is 0 Å². The second-order valence-corrected chi connectivity index (χ2v) is 5.72. The second kappa shape index (κ2) is 3.29. The van der Waals surface area contributed by atoms with E-state index in [1.165, 1.54) is 0 Å². The van der Waals surface area contributed by atoms with E-state index in [0.717, 1.165) is 12.8 Å². The topological polar surface area (TPSA) is 43.4 Å². The first-order chi connectivity index (χ1) is 5.02. The van der Waals surface area contributed by atoms with Crippen molar-refractivity contribution in [2.45, 2.75) is 31.1 Å². The van der Waals surface area contributed by atoms with E-state index in [1.54, 1.807) is 6.92 Å². The Labute approximate surface area is 71.1 Å². The summed E-state index contributed by atoms with van der Waals surface area (Å²) in [5, 5.41) is -0.577. The molecule has 1 saturated heterocycles. The summed E-state index contributed by atoms with van der Waals surface area (Å²) in [5.74, 6) is 0. The molecular weight excluding hydrogens is 188 g/mol. The lowest BCUT2D eigenvalue weighted by atomic mass is 10.2. The molecule has 1 aliphatic heterocycles. The van der Waals surface area contributed by atoms with Crippen molar-refractivity contribution < 1.29 is 13.2 Å². The van der Waals surface area contributed by atoms with Crippen molar-refractivity contribution in [2.24, 2.45) is 0 Å². The molecule has 0 aromatic rings. The molecule has 1 aliphatic rings. The van der Waals surface area contributed by atoms with Crippen LogP contribution < -0.4 is 0 Å². The Morgan fingerprint density at radius 3 is 2.64 bits per heavy atom. The molecule has 0 aromatic heterocycles. The zero-order valence-electron chi connectivity index (χ0n) is 6.29. The van der Waals surface area contributed by atoms with Crippen molar-refractivity contribution in [3.63, 3.8) is 0 Å². The van der Waals surface area contributed by atoms with Gasteiger partial charge in [0.25, 0.3) is 0 Å². The maximum absolute atomic E-state index is 10.8. The Hall–Kier alpha value is 0.200. The van der Waals surface area contributed by atoms with Gasteiger partial charge in [-0.3, -0.25) is 0 Å². The highest BCUT2D eigenvalue weighted by molar-refractivity contribution is 8.14. The molecule has 1 rings (SSSR count). The van der Waals surface area contributed by atoms with Gasteiger partial charge in [-0.15, -0.1) is 0 Å². The van der Waals surface area contributed by atoms with Crippen LogP contribution in [0.1, 0.15) is 19.8 Å². The monoisotopic (exact) mass is 198 g/mol. The van der Waals surface area contributed by atoms with Crippen molar-refractivity contribution in [2.75, 3.05) is 6.61 Å². The van der Waals surface area contributed by atoms with Crippen LogP contribution in [-0.2, 0) is 13.8 Å². The standard InChI is InChI=1S/C6H11ClO3S/c1-5(11(7,8)9)6-3-2-4-10-6/h5-6H,2-4H2,1H3. The van der Waals surface area contributed by atoms with E-state index in [4.69, 9.17) is 15.4 Å². The maximum atomic E-state index is 10.8. The predicted molar refractivity (Wildman–Crippen MR) is 43.2 cm³/mol. The largest absolute Gasteiger partial charge is 0.377 e. The molecule has 0 amide bonds. The molecule has 0 N–H and O–H groups in total. The fourth-order valence-corrected chi connectivity index (χ4v) is 2.08. The highest BCUT2D eigenvalue weighted by atomic mass is 35.7. The lowest BCUT2D eigenvalue weighted by Crippen LogP contribution is -2.27. The summed E-state index contributed by atoms with van der Waals surface area (Å²) < 4.78 is 26.8. The Morgan fingerprint density at radius 1 is 1.64 bits per heavy atom. The summed E-state index contributed by atoms with van der Waals surface area (Å²) in [6.07, 6.45) is 1.53. The van der Waals surface area contributed by atoms with E-state index in [9.17, 15) is 8.42 Å². The minimum Gasteiger partial charge on any atom is -0.377 e. The normalized spacial score (nSPS) is 28.7. The SMILES string of the molecule is CC(C1CCCO1)S(=O)(=O)Cl. The van der Waals surface area contributed by atoms with Crippen molar-refractivity contribution in [3.8, 4) is 0 Å². The minimum atomic E-state index is -3.44. The average Bonchev–Trinajstić information content (AvgIpc) is 2.34. The number of halogens is 1. The summed E-state index contributed by atoms with van der Waals surface area (Å²) in [6.45, 7) is 2.24. The van der Waals surface area contributed by atoms with Crippen molar-refractivity contribution in [1.82, 2.24) is 0 Å². The molecule has 3 nitrogen and oxygen atoms in total. The Kier molecular flexibility index (Phi) is 2.78. The Morgan fingerprint density at radius 2 is 2.27 bits per heavy atom. The van der Waals surface area contributed by atoms with Crippen molar-refractivity contribution >= 4 is 19.7 Å². The highest BCUT2D eigenvalue weighted by Gasteiger charge is 2.30. The van der Waals surface area contributed by atoms with Crippen LogP contribution >= 0.6 is 10.7 Å². The first-order valence-electron chi connectivity index (χ1n) is 3.57. The van der Waals surface area contributed by atoms with Crippen LogP contribution in [0.15, 0.2) is 0 Å². The van der Waals surface area contributed by atoms with Gasteiger partial charge in [-0.05, 0) is 19.8 Å². The molecule has 0 bridgehead atoms. The molecule has 0 radical (unpaired) electrons. The van der Waals surface area contributed by atoms with Gasteiger partial charge in [0.2, 0.25) is 9.05 Å². The zero-order valence-corrected chi connectivity index (χ0v) is 7.86. The zero-order chi connectivity index (χ0) is 8.48. The maximum Gasteiger partial charge on any atom is 0.237 e. The van der Waals surface area contributed by atoms with Gasteiger partial charge in [0.1, 0.15) is 0 Å². The van der Waals surface area contributed by atoms with Gasteiger partial charge in [0, 0.05) is 17.3 Å². The van der Waals surface area contributed by atoms with Gasteiger partial charge in [0.15, 0.2) is 0 Å². The molecule has 66 valence electrons. The van der Waals surface area contributed by atoms with Crippen molar-refractivity contribution in [3.05, 3.63) is 0 Å². The smallest absolute Gasteiger partial charge is 0.237 e. The first kappa shape index (κ1) is 9.29. The number of hydrogen-bond donors (Lipinski definition) is 0. The molecule has 2 unspecified atom stereocenters. The lowest BCUT2D eigenvalue weighted by molar-refractivity contribution is 0.110. The van der Waals surface area contributed by atoms with Gasteiger partial charge in [-0.25, -0.2) is 8.42 Å². The second-order valence-electron chi connectivity index (χ2n) is 2.73. The molecule has 0 saturated carbocycles. The quantitative estimate of drug-likeness (QED) is 0.625. The molecule has 0 aromatic carbocycles. The summed E-state index contributed by atoms with van der Waals surface area (Å²) >= 11 is 0. The van der Waals surface area contributed by atoms with Gasteiger partial charge in [0.05, 0.1) is 11.4 Å². The molecular formula is C6H11ClO3S. The minimum absolute atomic E-state index is 0.197. The number of rotatable bonds is 2. The Balaban J connectivity index is 2.60. The predicted octanol–water partition coefficient (Wildman–Crippen LogP) is 1.12. The van der Waals surface area contributed by atoms with Crippen molar-refractivity contribution in [1.29, 1.82) is 0 Å². The molecule has 1 heterocycles. The third-order valence-corrected chi connectivity index (χ3v) is 3.97. The fourth-order valence-electron chi connectivity index (χ4n) is 1.15. The van der Waals surface area contributed by atoms with Crippen LogP contribution in [-0.4, -0.2) is 26.4 Å². The van der Waals surface area contributed by atoms with Crippen LogP contribution in [0.3, 0.4) is 0 Å². The van der Waals surface area contributed by atoms with Crippen LogP contribution in [0.2, 0.25) is 0 Å². The van der Waals surface area contributed by atoms with Gasteiger partial charge in [-0.2, -0.15) is 0 Å². The van der Waals surface area contributed by atoms with E-state index in [0.29, 0.717) is 6.61 Å². The summed E-state index contributed by atoms with van der Waals surface area (Å²) in [4.78, 5) is 0. The van der Waals surface area contributed by atoms with Gasteiger partial charge < -0.3 is 4.74 Å². The van der Waals surface area contributed by atoms with Crippen LogP contribution in [0.5, 0.6) is 0 Å². The van der Waals surface area contributed by atoms with Crippen LogP contribution in [0, 0.1) is 0 Å². The first-order valence-corrected chi connectivity index (χ1v) is 5.94. The summed E-state index contributed by atoms with van der Waals surface area (Å²) in [7, 11) is 1.72. The van der Waals surface area contributed by atoms with E-state index in [1.807, 2.05) is 0 Å². The Bertz CT molecular complexity index is 218. The highest BCUT2D eigenvalue weighted by Crippen LogP contribution is 2.22. The lowest BCUT2D eigenvalue weighted by Gasteiger charge is -2.14. The van der Waals surface area contributed by atoms with E-state index >= 15 is 0 Å². The molecule has 0 spiro atoms. The fraction of sp³-hybridized carbons (Fsp3) is 1.00. The van der Waals surface area contributed by atoms with Gasteiger partial charge in [-0.1, -0.05) is 0 Å². The third kappa shape index (κ3) is 2.32. The number of hydrogen-bond acceptors (Lipinski definition) is 3. The van der Waals surface area contributed by atoms with Gasteiger partial charge >= 0.3 is 0 Å². The summed E-state index contributed by atoms with van der Waals surface area (Å²) in [6, 6.07) is 0. The van der Waals surface area contributed by atoms with E-state index < -0.39 is 14.3 Å². The molecule has 5 heteroatoms. The summed E-state index contributed by atoms with van der Waals surface area (Å²) in [5.41, 5.74) is 0. The molecule has 0 aliphatic carbocycles. The van der Waals surface area contributed by atoms with Crippen LogP contribution in [0.4, 0.5) is 0 Å². The molecule has 1 fully saturated rings. The molecule has 2 atom stereocenters. The third-order valence-electron chi connectivity index (χ3n) is 1.93. The average molecular weight is 199 g/mol. The van der Waals surface area contributed by atoms with Crippen LogP contribution in [0.25, 0.3) is 0 Å². The molecule has 11 heavy (non-hydrogen) atoms.